The van der Waals surface area contributed by atoms with Crippen LogP contribution in [0.2, 0.25) is 0 Å². The number of aromatic nitrogens is 2. The fourth-order valence-corrected chi connectivity index (χ4v) is 1.56. The van der Waals surface area contributed by atoms with Gasteiger partial charge in [0, 0.05) is 6.20 Å². The van der Waals surface area contributed by atoms with Gasteiger partial charge in [0.05, 0.1) is 24.6 Å². The van der Waals surface area contributed by atoms with Crippen molar-refractivity contribution in [1.29, 1.82) is 0 Å². The highest BCUT2D eigenvalue weighted by molar-refractivity contribution is 5.96. The van der Waals surface area contributed by atoms with Gasteiger partial charge in [-0.2, -0.15) is 0 Å². The molecule has 0 aliphatic heterocycles. The summed E-state index contributed by atoms with van der Waals surface area (Å²) in [6.07, 6.45) is 2.55. The third-order valence-corrected chi connectivity index (χ3v) is 2.36. The Morgan fingerprint density at radius 1 is 1.53 bits per heavy atom. The highest BCUT2D eigenvalue weighted by Crippen LogP contribution is 2.24. The van der Waals surface area contributed by atoms with Crippen LogP contribution >= 0.6 is 0 Å². The van der Waals surface area contributed by atoms with Crippen LogP contribution < -0.4 is 4.74 Å². The maximum Gasteiger partial charge on any atom is 0.354 e. The van der Waals surface area contributed by atoms with Gasteiger partial charge >= 0.3 is 5.97 Å². The molecule has 0 spiro atoms. The van der Waals surface area contributed by atoms with Crippen molar-refractivity contribution in [2.45, 2.75) is 13.3 Å². The SMILES string of the molecule is CCCOc1nccc2[nH]c(C(=O)OC)cc12. The lowest BCUT2D eigenvalue weighted by atomic mass is 10.3. The normalized spacial score (nSPS) is 10.5. The van der Waals surface area contributed by atoms with E-state index in [0.717, 1.165) is 17.3 Å². The maximum absolute atomic E-state index is 11.4. The number of nitrogens with one attached hydrogen (secondary N) is 1. The third kappa shape index (κ3) is 2.22. The van der Waals surface area contributed by atoms with Gasteiger partial charge in [-0.3, -0.25) is 0 Å². The molecule has 17 heavy (non-hydrogen) atoms. The molecule has 0 aliphatic carbocycles. The maximum atomic E-state index is 11.4. The topological polar surface area (TPSA) is 64.2 Å². The summed E-state index contributed by atoms with van der Waals surface area (Å²) < 4.78 is 10.2. The molecule has 2 aromatic heterocycles. The molecule has 0 bridgehead atoms. The second-order valence-corrected chi connectivity index (χ2v) is 3.60. The first-order chi connectivity index (χ1) is 8.26. The van der Waals surface area contributed by atoms with Crippen LogP contribution in [0.5, 0.6) is 5.88 Å². The van der Waals surface area contributed by atoms with Gasteiger partial charge in [-0.25, -0.2) is 9.78 Å². The first-order valence-corrected chi connectivity index (χ1v) is 5.45. The fourth-order valence-electron chi connectivity index (χ4n) is 1.56. The molecule has 2 heterocycles. The standard InChI is InChI=1S/C12H14N2O3/c1-3-6-17-11-8-7-10(12(15)16-2)14-9(8)4-5-13-11/h4-5,7,14H,3,6H2,1-2H3. The number of nitrogens with zero attached hydrogens (tertiary/aromatic N) is 1. The predicted molar refractivity (Wildman–Crippen MR) is 63.2 cm³/mol. The Labute approximate surface area is 98.8 Å². The van der Waals surface area contributed by atoms with E-state index >= 15 is 0 Å². The number of pyridine rings is 1. The van der Waals surface area contributed by atoms with Gasteiger partial charge in [0.1, 0.15) is 5.69 Å². The summed E-state index contributed by atoms with van der Waals surface area (Å²) in [6, 6.07) is 3.49. The van der Waals surface area contributed by atoms with Crippen LogP contribution in [0, 0.1) is 0 Å². The molecule has 0 amide bonds. The van der Waals surface area contributed by atoms with Crippen LogP contribution in [-0.2, 0) is 4.74 Å². The van der Waals surface area contributed by atoms with E-state index in [-0.39, 0.29) is 0 Å². The first kappa shape index (κ1) is 11.4. The number of H-pyrrole nitrogens is 1. The zero-order valence-electron chi connectivity index (χ0n) is 9.82. The summed E-state index contributed by atoms with van der Waals surface area (Å²) in [4.78, 5) is 18.5. The molecular weight excluding hydrogens is 220 g/mol. The number of rotatable bonds is 4. The van der Waals surface area contributed by atoms with Crippen molar-refractivity contribution >= 4 is 16.9 Å². The molecule has 0 aromatic carbocycles. The molecule has 90 valence electrons. The van der Waals surface area contributed by atoms with Gasteiger partial charge in [0.15, 0.2) is 0 Å². The van der Waals surface area contributed by atoms with E-state index in [1.807, 2.05) is 6.92 Å². The third-order valence-electron chi connectivity index (χ3n) is 2.36. The smallest absolute Gasteiger partial charge is 0.354 e. The monoisotopic (exact) mass is 234 g/mol. The Morgan fingerprint density at radius 2 is 2.35 bits per heavy atom. The van der Waals surface area contributed by atoms with Crippen molar-refractivity contribution in [2.75, 3.05) is 13.7 Å². The number of carbonyl (C=O) groups is 1. The van der Waals surface area contributed by atoms with E-state index < -0.39 is 5.97 Å². The van der Waals surface area contributed by atoms with Crippen molar-refractivity contribution in [3.63, 3.8) is 0 Å². The van der Waals surface area contributed by atoms with Crippen LogP contribution in [0.3, 0.4) is 0 Å². The number of ether oxygens (including phenoxy) is 2. The zero-order chi connectivity index (χ0) is 12.3. The molecule has 0 fully saturated rings. The summed E-state index contributed by atoms with van der Waals surface area (Å²) in [5.74, 6) is 0.137. The van der Waals surface area contributed by atoms with Crippen molar-refractivity contribution < 1.29 is 14.3 Å². The largest absolute Gasteiger partial charge is 0.477 e. The summed E-state index contributed by atoms with van der Waals surface area (Å²) >= 11 is 0. The van der Waals surface area contributed by atoms with Crippen LogP contribution in [0.4, 0.5) is 0 Å². The van der Waals surface area contributed by atoms with Gasteiger partial charge < -0.3 is 14.5 Å². The number of hydrogen-bond acceptors (Lipinski definition) is 4. The molecule has 0 unspecified atom stereocenters. The van der Waals surface area contributed by atoms with Crippen molar-refractivity contribution in [1.82, 2.24) is 9.97 Å². The summed E-state index contributed by atoms with van der Waals surface area (Å²) in [5, 5.41) is 0.793. The highest BCUT2D eigenvalue weighted by atomic mass is 16.5. The Kier molecular flexibility index (Phi) is 3.27. The van der Waals surface area contributed by atoms with Crippen LogP contribution in [0.25, 0.3) is 10.9 Å². The molecule has 2 aromatic rings. The summed E-state index contributed by atoms with van der Waals surface area (Å²) in [6.45, 7) is 2.63. The van der Waals surface area contributed by atoms with Crippen LogP contribution in [-0.4, -0.2) is 29.7 Å². The molecule has 2 rings (SSSR count). The highest BCUT2D eigenvalue weighted by Gasteiger charge is 2.12. The molecule has 0 radical (unpaired) electrons. The Morgan fingerprint density at radius 3 is 3.06 bits per heavy atom. The molecule has 5 heteroatoms. The Balaban J connectivity index is 2.41. The molecule has 0 atom stereocenters. The van der Waals surface area contributed by atoms with Gasteiger partial charge in [-0.05, 0) is 18.6 Å². The average molecular weight is 234 g/mol. The van der Waals surface area contributed by atoms with Gasteiger partial charge in [-0.1, -0.05) is 6.92 Å². The molecule has 5 nitrogen and oxygen atoms in total. The van der Waals surface area contributed by atoms with E-state index in [1.165, 1.54) is 7.11 Å². The molecule has 0 saturated heterocycles. The van der Waals surface area contributed by atoms with E-state index in [1.54, 1.807) is 18.3 Å². The molecule has 1 N–H and O–H groups in total. The lowest BCUT2D eigenvalue weighted by molar-refractivity contribution is 0.0595. The van der Waals surface area contributed by atoms with Crippen molar-refractivity contribution in [3.05, 3.63) is 24.0 Å². The van der Waals surface area contributed by atoms with Crippen molar-refractivity contribution in [3.8, 4) is 5.88 Å². The Hall–Kier alpha value is -2.04. The van der Waals surface area contributed by atoms with E-state index in [0.29, 0.717) is 18.2 Å². The van der Waals surface area contributed by atoms with Crippen LogP contribution in [0.1, 0.15) is 23.8 Å². The number of carbonyl (C=O) groups excluding carboxylic acids is 1. The lowest BCUT2D eigenvalue weighted by Gasteiger charge is -2.03. The summed E-state index contributed by atoms with van der Waals surface area (Å²) in [7, 11) is 1.35. The minimum atomic E-state index is -0.400. The molecule has 0 aliphatic rings. The van der Waals surface area contributed by atoms with E-state index in [2.05, 4.69) is 14.7 Å². The predicted octanol–water partition coefficient (Wildman–Crippen LogP) is 2.14. The summed E-state index contributed by atoms with van der Waals surface area (Å²) in [5.41, 5.74) is 1.21. The fraction of sp³-hybridized carbons (Fsp3) is 0.333. The van der Waals surface area contributed by atoms with Gasteiger partial charge in [-0.15, -0.1) is 0 Å². The lowest BCUT2D eigenvalue weighted by Crippen LogP contribution is -2.00. The minimum Gasteiger partial charge on any atom is -0.477 e. The zero-order valence-corrected chi connectivity index (χ0v) is 9.82. The average Bonchev–Trinajstić information content (AvgIpc) is 2.79. The number of esters is 1. The second-order valence-electron chi connectivity index (χ2n) is 3.60. The molecule has 0 saturated carbocycles. The quantitative estimate of drug-likeness (QED) is 0.823. The minimum absolute atomic E-state index is 0.400. The van der Waals surface area contributed by atoms with Gasteiger partial charge in [0.25, 0.3) is 0 Å². The number of methoxy groups -OCH3 is 1. The first-order valence-electron chi connectivity index (χ1n) is 5.45. The number of aromatic amines is 1. The number of hydrogen-bond donors (Lipinski definition) is 1. The van der Waals surface area contributed by atoms with Gasteiger partial charge in [0.2, 0.25) is 5.88 Å². The molecular formula is C12H14N2O3. The van der Waals surface area contributed by atoms with E-state index in [4.69, 9.17) is 4.74 Å². The second kappa shape index (κ2) is 4.86. The van der Waals surface area contributed by atoms with Crippen LogP contribution in [0.15, 0.2) is 18.3 Å². The van der Waals surface area contributed by atoms with E-state index in [9.17, 15) is 4.79 Å². The Bertz CT molecular complexity index is 534. The van der Waals surface area contributed by atoms with Crippen molar-refractivity contribution in [2.24, 2.45) is 0 Å². The number of fused-ring (bicyclic) bond motifs is 1.